The third kappa shape index (κ3) is 6.54. The summed E-state index contributed by atoms with van der Waals surface area (Å²) in [7, 11) is 6.16. The van der Waals surface area contributed by atoms with E-state index in [-0.39, 0.29) is 5.57 Å². The van der Waals surface area contributed by atoms with E-state index in [2.05, 4.69) is 0 Å². The first-order chi connectivity index (χ1) is 17.4. The lowest BCUT2D eigenvalue weighted by Gasteiger charge is -2.08. The van der Waals surface area contributed by atoms with E-state index in [1.165, 1.54) is 32.4 Å². The van der Waals surface area contributed by atoms with Crippen LogP contribution in [0.1, 0.15) is 22.6 Å². The molecule has 0 N–H and O–H groups in total. The van der Waals surface area contributed by atoms with Crippen LogP contribution in [0.15, 0.2) is 70.7 Å². The van der Waals surface area contributed by atoms with Gasteiger partial charge in [-0.15, -0.1) is 0 Å². The molecule has 0 aliphatic rings. The minimum absolute atomic E-state index is 0.0437. The van der Waals surface area contributed by atoms with Crippen LogP contribution in [0.3, 0.4) is 0 Å². The second kappa shape index (κ2) is 12.3. The maximum Gasteiger partial charge on any atom is 0.189 e. The van der Waals surface area contributed by atoms with Crippen molar-refractivity contribution in [2.75, 3.05) is 28.4 Å². The van der Waals surface area contributed by atoms with E-state index in [0.29, 0.717) is 45.6 Å². The number of carbonyl (C=O) groups excluding carboxylic acids is 2. The second-order valence-electron chi connectivity index (χ2n) is 7.63. The van der Waals surface area contributed by atoms with Crippen molar-refractivity contribution in [3.05, 3.63) is 88.9 Å². The fourth-order valence-corrected chi connectivity index (χ4v) is 3.37. The standard InChI is InChI=1S/C29H28O7/c1-19-6-11-22(36-19)18-23(24(30)12-7-20-9-14-26(32-2)28(16-20)34-4)25(31)13-8-21-10-15-27(33-3)29(17-21)35-5/h6-18H,1-5H3/b12-7+,13-8+. The van der Waals surface area contributed by atoms with Crippen molar-refractivity contribution in [3.8, 4) is 23.0 Å². The van der Waals surface area contributed by atoms with Gasteiger partial charge in [-0.25, -0.2) is 0 Å². The Morgan fingerprint density at radius 2 is 1.14 bits per heavy atom. The quantitative estimate of drug-likeness (QED) is 0.198. The van der Waals surface area contributed by atoms with Crippen LogP contribution in [-0.2, 0) is 9.59 Å². The fourth-order valence-electron chi connectivity index (χ4n) is 3.37. The summed E-state index contributed by atoms with van der Waals surface area (Å²) in [6, 6.07) is 14.0. The van der Waals surface area contributed by atoms with Gasteiger partial charge in [0.15, 0.2) is 34.6 Å². The highest BCUT2D eigenvalue weighted by atomic mass is 16.5. The molecule has 7 heteroatoms. The van der Waals surface area contributed by atoms with Crippen LogP contribution in [0.25, 0.3) is 18.2 Å². The first kappa shape index (κ1) is 26.1. The maximum absolute atomic E-state index is 13.1. The van der Waals surface area contributed by atoms with E-state index >= 15 is 0 Å². The van der Waals surface area contributed by atoms with Gasteiger partial charge in [0.1, 0.15) is 11.5 Å². The molecule has 0 atom stereocenters. The van der Waals surface area contributed by atoms with Gasteiger partial charge in [-0.05, 0) is 72.7 Å². The van der Waals surface area contributed by atoms with E-state index in [9.17, 15) is 9.59 Å². The summed E-state index contributed by atoms with van der Waals surface area (Å²) in [6.45, 7) is 1.79. The number of rotatable bonds is 11. The molecule has 36 heavy (non-hydrogen) atoms. The van der Waals surface area contributed by atoms with Crippen LogP contribution in [-0.4, -0.2) is 40.0 Å². The number of furan rings is 1. The van der Waals surface area contributed by atoms with Crippen molar-refractivity contribution in [1.29, 1.82) is 0 Å². The van der Waals surface area contributed by atoms with Gasteiger partial charge in [-0.1, -0.05) is 24.3 Å². The molecule has 0 fully saturated rings. The molecular weight excluding hydrogens is 460 g/mol. The predicted molar refractivity (Wildman–Crippen MR) is 139 cm³/mol. The van der Waals surface area contributed by atoms with E-state index in [1.807, 2.05) is 0 Å². The van der Waals surface area contributed by atoms with Crippen LogP contribution in [0.4, 0.5) is 0 Å². The van der Waals surface area contributed by atoms with Crippen molar-refractivity contribution in [1.82, 2.24) is 0 Å². The van der Waals surface area contributed by atoms with E-state index in [4.69, 9.17) is 23.4 Å². The largest absolute Gasteiger partial charge is 0.493 e. The minimum atomic E-state index is -0.471. The summed E-state index contributed by atoms with van der Waals surface area (Å²) < 4.78 is 26.7. The van der Waals surface area contributed by atoms with Crippen LogP contribution in [0.2, 0.25) is 0 Å². The number of aryl methyl sites for hydroxylation is 1. The zero-order valence-electron chi connectivity index (χ0n) is 20.9. The highest BCUT2D eigenvalue weighted by Gasteiger charge is 2.15. The maximum atomic E-state index is 13.1. The number of methoxy groups -OCH3 is 4. The molecular formula is C29H28O7. The average Bonchev–Trinajstić information content (AvgIpc) is 3.32. The number of ether oxygens (including phenoxy) is 4. The number of hydrogen-bond acceptors (Lipinski definition) is 7. The zero-order chi connectivity index (χ0) is 26.1. The van der Waals surface area contributed by atoms with Gasteiger partial charge >= 0.3 is 0 Å². The first-order valence-corrected chi connectivity index (χ1v) is 11.1. The molecule has 0 saturated carbocycles. The minimum Gasteiger partial charge on any atom is -0.493 e. The Hall–Kier alpha value is -4.52. The third-order valence-corrected chi connectivity index (χ3v) is 5.25. The molecule has 0 bridgehead atoms. The van der Waals surface area contributed by atoms with Crippen molar-refractivity contribution in [2.45, 2.75) is 6.92 Å². The molecule has 0 radical (unpaired) electrons. The summed E-state index contributed by atoms with van der Waals surface area (Å²) >= 11 is 0. The van der Waals surface area contributed by atoms with Gasteiger partial charge < -0.3 is 23.4 Å². The molecule has 0 unspecified atom stereocenters. The number of allylic oxidation sites excluding steroid dienone is 3. The lowest BCUT2D eigenvalue weighted by Crippen LogP contribution is -2.08. The Bertz CT molecular complexity index is 1250. The molecule has 2 aromatic carbocycles. The lowest BCUT2D eigenvalue weighted by atomic mass is 10.0. The van der Waals surface area contributed by atoms with E-state index < -0.39 is 11.6 Å². The highest BCUT2D eigenvalue weighted by molar-refractivity contribution is 6.31. The number of ketones is 2. The second-order valence-corrected chi connectivity index (χ2v) is 7.63. The Kier molecular flexibility index (Phi) is 8.89. The van der Waals surface area contributed by atoms with Crippen LogP contribution >= 0.6 is 0 Å². The van der Waals surface area contributed by atoms with Crippen molar-refractivity contribution in [2.24, 2.45) is 0 Å². The van der Waals surface area contributed by atoms with Crippen LogP contribution in [0.5, 0.6) is 23.0 Å². The van der Waals surface area contributed by atoms with Crippen molar-refractivity contribution in [3.63, 3.8) is 0 Å². The molecule has 1 aromatic heterocycles. The highest BCUT2D eigenvalue weighted by Crippen LogP contribution is 2.29. The zero-order valence-corrected chi connectivity index (χ0v) is 20.9. The Balaban J connectivity index is 1.89. The Labute approximate surface area is 210 Å². The predicted octanol–water partition coefficient (Wildman–Crippen LogP) is 5.57. The summed E-state index contributed by atoms with van der Waals surface area (Å²) in [6.07, 6.45) is 7.33. The summed E-state index contributed by atoms with van der Waals surface area (Å²) in [5, 5.41) is 0. The van der Waals surface area contributed by atoms with Crippen molar-refractivity contribution < 1.29 is 33.0 Å². The van der Waals surface area contributed by atoms with Gasteiger partial charge in [-0.3, -0.25) is 9.59 Å². The van der Waals surface area contributed by atoms with E-state index in [1.54, 1.807) is 81.8 Å². The van der Waals surface area contributed by atoms with Gasteiger partial charge in [0.05, 0.1) is 34.0 Å². The van der Waals surface area contributed by atoms with Crippen LogP contribution in [0, 0.1) is 6.92 Å². The Morgan fingerprint density at radius 3 is 1.53 bits per heavy atom. The fraction of sp³-hybridized carbons (Fsp3) is 0.172. The number of carbonyl (C=O) groups is 2. The summed E-state index contributed by atoms with van der Waals surface area (Å²) in [5.74, 6) is 2.34. The van der Waals surface area contributed by atoms with Gasteiger partial charge in [0, 0.05) is 0 Å². The third-order valence-electron chi connectivity index (χ3n) is 5.25. The first-order valence-electron chi connectivity index (χ1n) is 11.1. The molecule has 0 spiro atoms. The monoisotopic (exact) mass is 488 g/mol. The van der Waals surface area contributed by atoms with Crippen LogP contribution < -0.4 is 18.9 Å². The van der Waals surface area contributed by atoms with Gasteiger partial charge in [0.25, 0.3) is 0 Å². The molecule has 7 nitrogen and oxygen atoms in total. The summed E-state index contributed by atoms with van der Waals surface area (Å²) in [5.41, 5.74) is 1.38. The molecule has 0 amide bonds. The van der Waals surface area contributed by atoms with Crippen molar-refractivity contribution >= 4 is 29.8 Å². The topological polar surface area (TPSA) is 84.2 Å². The molecule has 1 heterocycles. The molecule has 186 valence electrons. The lowest BCUT2D eigenvalue weighted by molar-refractivity contribution is -0.116. The molecule has 0 aliphatic heterocycles. The number of hydrogen-bond donors (Lipinski definition) is 0. The molecule has 0 saturated heterocycles. The van der Waals surface area contributed by atoms with Gasteiger partial charge in [0.2, 0.25) is 0 Å². The molecule has 3 rings (SSSR count). The number of benzene rings is 2. The molecule has 3 aromatic rings. The van der Waals surface area contributed by atoms with Gasteiger partial charge in [-0.2, -0.15) is 0 Å². The van der Waals surface area contributed by atoms with E-state index in [0.717, 1.165) is 0 Å². The SMILES string of the molecule is COc1ccc(/C=C/C(=O)C(=Cc2ccc(C)o2)C(=O)/C=C/c2ccc(OC)c(OC)c2)cc1OC. The summed E-state index contributed by atoms with van der Waals surface area (Å²) in [4.78, 5) is 26.2. The smallest absolute Gasteiger partial charge is 0.189 e. The normalized spacial score (nSPS) is 10.9. The average molecular weight is 489 g/mol. The Morgan fingerprint density at radius 1 is 0.667 bits per heavy atom. The molecule has 0 aliphatic carbocycles.